The number of nitrogens with one attached hydrogen (secondary N) is 3. The molecule has 0 aliphatic rings. The van der Waals surface area contributed by atoms with Crippen molar-refractivity contribution in [1.82, 2.24) is 0 Å². The molecule has 0 heterocycles. The molecule has 9 heteroatoms. The maximum atomic E-state index is 14.2. The van der Waals surface area contributed by atoms with E-state index in [4.69, 9.17) is 4.74 Å². The Hall–Kier alpha value is -4.27. The number of carbonyl (C=O) groups is 3. The van der Waals surface area contributed by atoms with Crippen molar-refractivity contribution in [3.63, 3.8) is 0 Å². The molecule has 3 aromatic rings. The topological polar surface area (TPSA) is 96.5 Å². The van der Waals surface area contributed by atoms with Crippen molar-refractivity contribution in [2.24, 2.45) is 0 Å². The summed E-state index contributed by atoms with van der Waals surface area (Å²) >= 11 is 0. The van der Waals surface area contributed by atoms with Gasteiger partial charge in [0.25, 0.3) is 11.8 Å². The minimum Gasteiger partial charge on any atom is -0.444 e. The number of anilines is 3. The molecular formula is C26H25F2N3O4. The predicted octanol–water partition coefficient (Wildman–Crippen LogP) is 6.12. The van der Waals surface area contributed by atoms with E-state index >= 15 is 0 Å². The summed E-state index contributed by atoms with van der Waals surface area (Å²) in [5, 5.41) is 7.54. The van der Waals surface area contributed by atoms with Crippen LogP contribution in [0.2, 0.25) is 0 Å². The molecular weight excluding hydrogens is 456 g/mol. The van der Waals surface area contributed by atoms with Gasteiger partial charge in [0.15, 0.2) is 0 Å². The van der Waals surface area contributed by atoms with Crippen LogP contribution in [0.25, 0.3) is 0 Å². The molecule has 0 bridgehead atoms. The Bertz CT molecular complexity index is 1290. The molecule has 0 saturated heterocycles. The molecule has 182 valence electrons. The van der Waals surface area contributed by atoms with Crippen LogP contribution in [0, 0.1) is 18.6 Å². The Labute approximate surface area is 201 Å². The van der Waals surface area contributed by atoms with Gasteiger partial charge in [-0.15, -0.1) is 0 Å². The number of hydrogen-bond donors (Lipinski definition) is 3. The van der Waals surface area contributed by atoms with Crippen molar-refractivity contribution >= 4 is 35.0 Å². The lowest BCUT2D eigenvalue weighted by Crippen LogP contribution is -2.27. The molecule has 0 saturated carbocycles. The van der Waals surface area contributed by atoms with Gasteiger partial charge in [-0.1, -0.05) is 18.2 Å². The molecule has 0 fully saturated rings. The van der Waals surface area contributed by atoms with Crippen LogP contribution in [-0.2, 0) is 4.74 Å². The van der Waals surface area contributed by atoms with Crippen LogP contribution in [0.1, 0.15) is 47.1 Å². The molecule has 3 amide bonds. The SMILES string of the molecule is Cc1ccc(C(=O)Nc2ccc(F)c(NC(=O)OC(C)(C)C)c2)cc1NC(=O)c1ccccc1F. The van der Waals surface area contributed by atoms with Crippen LogP contribution in [0.4, 0.5) is 30.6 Å². The van der Waals surface area contributed by atoms with Crippen LogP contribution >= 0.6 is 0 Å². The lowest BCUT2D eigenvalue weighted by atomic mass is 10.1. The van der Waals surface area contributed by atoms with Gasteiger partial charge in [0, 0.05) is 16.9 Å². The number of amides is 3. The molecule has 0 atom stereocenters. The fourth-order valence-electron chi connectivity index (χ4n) is 3.05. The maximum absolute atomic E-state index is 14.2. The minimum absolute atomic E-state index is 0.127. The third-order valence-corrected chi connectivity index (χ3v) is 4.73. The van der Waals surface area contributed by atoms with E-state index in [1.807, 2.05) is 0 Å². The van der Waals surface area contributed by atoms with E-state index in [1.165, 1.54) is 36.4 Å². The highest BCUT2D eigenvalue weighted by atomic mass is 19.1. The quantitative estimate of drug-likeness (QED) is 0.409. The average Bonchev–Trinajstić information content (AvgIpc) is 2.76. The lowest BCUT2D eigenvalue weighted by molar-refractivity contribution is 0.0635. The minimum atomic E-state index is -0.839. The van der Waals surface area contributed by atoms with Crippen molar-refractivity contribution < 1.29 is 27.9 Å². The van der Waals surface area contributed by atoms with Gasteiger partial charge in [-0.25, -0.2) is 13.6 Å². The zero-order valence-electron chi connectivity index (χ0n) is 19.7. The van der Waals surface area contributed by atoms with Gasteiger partial charge in [-0.2, -0.15) is 0 Å². The van der Waals surface area contributed by atoms with E-state index in [0.29, 0.717) is 11.3 Å². The number of carbonyl (C=O) groups excluding carboxylic acids is 3. The Morgan fingerprint density at radius 2 is 1.49 bits per heavy atom. The fraction of sp³-hybridized carbons (Fsp3) is 0.192. The Morgan fingerprint density at radius 3 is 2.17 bits per heavy atom. The fourth-order valence-corrected chi connectivity index (χ4v) is 3.05. The number of benzene rings is 3. The second kappa shape index (κ2) is 10.3. The second-order valence-corrected chi connectivity index (χ2v) is 8.74. The maximum Gasteiger partial charge on any atom is 0.412 e. The van der Waals surface area contributed by atoms with E-state index in [0.717, 1.165) is 6.07 Å². The summed E-state index contributed by atoms with van der Waals surface area (Å²) in [7, 11) is 0. The van der Waals surface area contributed by atoms with Crippen LogP contribution in [0.3, 0.4) is 0 Å². The van der Waals surface area contributed by atoms with Crippen molar-refractivity contribution in [3.8, 4) is 0 Å². The third-order valence-electron chi connectivity index (χ3n) is 4.73. The van der Waals surface area contributed by atoms with Gasteiger partial charge in [0.1, 0.15) is 17.2 Å². The molecule has 3 rings (SSSR count). The molecule has 3 N–H and O–H groups in total. The molecule has 0 spiro atoms. The number of hydrogen-bond acceptors (Lipinski definition) is 4. The van der Waals surface area contributed by atoms with Gasteiger partial charge in [-0.05, 0) is 75.7 Å². The summed E-state index contributed by atoms with van der Waals surface area (Å²) in [6.07, 6.45) is -0.839. The molecule has 0 unspecified atom stereocenters. The summed E-state index contributed by atoms with van der Waals surface area (Å²) in [4.78, 5) is 37.2. The Morgan fingerprint density at radius 1 is 0.771 bits per heavy atom. The zero-order chi connectivity index (χ0) is 25.8. The molecule has 0 aromatic heterocycles. The van der Waals surface area contributed by atoms with Gasteiger partial charge in [-0.3, -0.25) is 14.9 Å². The van der Waals surface area contributed by atoms with E-state index < -0.39 is 35.1 Å². The normalized spacial score (nSPS) is 10.9. The van der Waals surface area contributed by atoms with E-state index in [2.05, 4.69) is 16.0 Å². The van der Waals surface area contributed by atoms with Crippen LogP contribution < -0.4 is 16.0 Å². The standard InChI is InChI=1S/C26H25F2N3O4/c1-15-9-10-16(13-21(15)30-24(33)18-7-5-6-8-19(18)27)23(32)29-17-11-12-20(28)22(14-17)31-25(34)35-26(2,3)4/h5-14H,1-4H3,(H,29,32)(H,30,33)(H,31,34). The molecule has 0 aliphatic carbocycles. The Balaban J connectivity index is 1.75. The number of halogens is 2. The predicted molar refractivity (Wildman–Crippen MR) is 130 cm³/mol. The summed E-state index contributed by atoms with van der Waals surface area (Å²) in [5.74, 6) is -2.56. The lowest BCUT2D eigenvalue weighted by Gasteiger charge is -2.20. The first-order valence-electron chi connectivity index (χ1n) is 10.7. The zero-order valence-corrected chi connectivity index (χ0v) is 19.7. The smallest absolute Gasteiger partial charge is 0.412 e. The number of ether oxygens (including phenoxy) is 1. The second-order valence-electron chi connectivity index (χ2n) is 8.74. The molecule has 3 aromatic carbocycles. The summed E-state index contributed by atoms with van der Waals surface area (Å²) in [5.41, 5.74) is 0.355. The molecule has 7 nitrogen and oxygen atoms in total. The van der Waals surface area contributed by atoms with Crippen molar-refractivity contribution in [2.75, 3.05) is 16.0 Å². The summed E-state index contributed by atoms with van der Waals surface area (Å²) in [6.45, 7) is 6.75. The summed E-state index contributed by atoms with van der Waals surface area (Å²) in [6, 6.07) is 13.9. The van der Waals surface area contributed by atoms with Crippen LogP contribution in [0.15, 0.2) is 60.7 Å². The largest absolute Gasteiger partial charge is 0.444 e. The van der Waals surface area contributed by atoms with Gasteiger partial charge < -0.3 is 15.4 Å². The first-order valence-corrected chi connectivity index (χ1v) is 10.7. The number of rotatable bonds is 5. The van der Waals surface area contributed by atoms with Crippen molar-refractivity contribution in [1.29, 1.82) is 0 Å². The first kappa shape index (κ1) is 25.4. The van der Waals surface area contributed by atoms with E-state index in [9.17, 15) is 23.2 Å². The van der Waals surface area contributed by atoms with E-state index in [1.54, 1.807) is 45.9 Å². The van der Waals surface area contributed by atoms with Crippen molar-refractivity contribution in [3.05, 3.63) is 89.0 Å². The van der Waals surface area contributed by atoms with Gasteiger partial charge >= 0.3 is 6.09 Å². The number of aryl methyl sites for hydroxylation is 1. The van der Waals surface area contributed by atoms with Gasteiger partial charge in [0.05, 0.1) is 11.3 Å². The van der Waals surface area contributed by atoms with Gasteiger partial charge in [0.2, 0.25) is 0 Å². The van der Waals surface area contributed by atoms with E-state index in [-0.39, 0.29) is 22.5 Å². The van der Waals surface area contributed by atoms with Crippen molar-refractivity contribution in [2.45, 2.75) is 33.3 Å². The third kappa shape index (κ3) is 6.86. The molecule has 35 heavy (non-hydrogen) atoms. The highest BCUT2D eigenvalue weighted by Crippen LogP contribution is 2.23. The average molecular weight is 481 g/mol. The van der Waals surface area contributed by atoms with Crippen LogP contribution in [0.5, 0.6) is 0 Å². The molecule has 0 aliphatic heterocycles. The monoisotopic (exact) mass is 481 g/mol. The Kier molecular flexibility index (Phi) is 7.49. The molecule has 0 radical (unpaired) electrons. The van der Waals surface area contributed by atoms with Crippen LogP contribution in [-0.4, -0.2) is 23.5 Å². The highest BCUT2D eigenvalue weighted by Gasteiger charge is 2.18. The highest BCUT2D eigenvalue weighted by molar-refractivity contribution is 6.08. The summed E-state index contributed by atoms with van der Waals surface area (Å²) < 4.78 is 33.2. The first-order chi connectivity index (χ1) is 16.4.